The summed E-state index contributed by atoms with van der Waals surface area (Å²) in [5.41, 5.74) is 8.16. The number of nitrogens with two attached hydrogens (primary N) is 1. The van der Waals surface area contributed by atoms with E-state index in [2.05, 4.69) is 36.1 Å². The van der Waals surface area contributed by atoms with Crippen LogP contribution in [0.1, 0.15) is 43.2 Å². The van der Waals surface area contributed by atoms with Gasteiger partial charge in [0.05, 0.1) is 0 Å². The Hall–Kier alpha value is -0.810. The molecule has 1 aliphatic rings. The van der Waals surface area contributed by atoms with Crippen molar-refractivity contribution in [3.05, 3.63) is 35.4 Å². The fourth-order valence-electron chi connectivity index (χ4n) is 3.16. The van der Waals surface area contributed by atoms with Crippen LogP contribution in [-0.2, 0) is 11.3 Å². The van der Waals surface area contributed by atoms with Gasteiger partial charge in [-0.15, -0.1) is 24.8 Å². The number of carbonyl (C=O) groups excluding carboxylic acids is 1. The second-order valence-electron chi connectivity index (χ2n) is 6.60. The molecule has 0 unspecified atom stereocenters. The number of aryl methyl sites for hydroxylation is 1. The minimum Gasteiger partial charge on any atom is -0.340 e. The summed E-state index contributed by atoms with van der Waals surface area (Å²) in [5, 5.41) is 0. The van der Waals surface area contributed by atoms with Gasteiger partial charge in [0.25, 0.3) is 0 Å². The molecule has 1 fully saturated rings. The van der Waals surface area contributed by atoms with Gasteiger partial charge in [-0.2, -0.15) is 0 Å². The zero-order valence-corrected chi connectivity index (χ0v) is 16.9. The fourth-order valence-corrected chi connectivity index (χ4v) is 3.16. The zero-order valence-electron chi connectivity index (χ0n) is 15.3. The number of nitrogens with zero attached hydrogens (tertiary/aromatic N) is 2. The lowest BCUT2D eigenvalue weighted by Crippen LogP contribution is -2.48. The van der Waals surface area contributed by atoms with Crippen LogP contribution in [0, 0.1) is 6.92 Å². The molecule has 0 bridgehead atoms. The van der Waals surface area contributed by atoms with Crippen molar-refractivity contribution >= 4 is 30.7 Å². The standard InChI is InChI=1S/C19H31N3O.2ClH/c1-17-7-6-8-18(15-17)16-21-11-13-22(14-12-21)19(23)9-4-2-3-5-10-20;;/h6-8,15H,2-5,9-14,16,20H2,1H3;2*1H. The largest absolute Gasteiger partial charge is 0.340 e. The van der Waals surface area contributed by atoms with E-state index in [1.54, 1.807) is 0 Å². The van der Waals surface area contributed by atoms with E-state index < -0.39 is 0 Å². The third-order valence-electron chi connectivity index (χ3n) is 4.56. The van der Waals surface area contributed by atoms with E-state index in [4.69, 9.17) is 5.73 Å². The van der Waals surface area contributed by atoms with E-state index in [1.807, 2.05) is 4.90 Å². The predicted molar refractivity (Wildman–Crippen MR) is 110 cm³/mol. The predicted octanol–water partition coefficient (Wildman–Crippen LogP) is 3.39. The van der Waals surface area contributed by atoms with E-state index in [-0.39, 0.29) is 24.8 Å². The third-order valence-corrected chi connectivity index (χ3v) is 4.56. The van der Waals surface area contributed by atoms with Gasteiger partial charge in [0.1, 0.15) is 0 Å². The molecule has 0 saturated carbocycles. The Morgan fingerprint density at radius 2 is 1.72 bits per heavy atom. The molecule has 1 aliphatic heterocycles. The monoisotopic (exact) mass is 389 g/mol. The Labute approximate surface area is 164 Å². The van der Waals surface area contributed by atoms with Gasteiger partial charge in [-0.25, -0.2) is 0 Å². The first-order valence-electron chi connectivity index (χ1n) is 8.95. The first-order chi connectivity index (χ1) is 11.2. The van der Waals surface area contributed by atoms with E-state index in [1.165, 1.54) is 11.1 Å². The molecule has 0 radical (unpaired) electrons. The number of rotatable bonds is 8. The van der Waals surface area contributed by atoms with E-state index >= 15 is 0 Å². The molecule has 6 heteroatoms. The van der Waals surface area contributed by atoms with Crippen LogP contribution in [0.3, 0.4) is 0 Å². The highest BCUT2D eigenvalue weighted by Crippen LogP contribution is 2.12. The quantitative estimate of drug-likeness (QED) is 0.693. The first-order valence-corrected chi connectivity index (χ1v) is 8.95. The van der Waals surface area contributed by atoms with Crippen LogP contribution >= 0.6 is 24.8 Å². The molecule has 25 heavy (non-hydrogen) atoms. The normalized spacial score (nSPS) is 14.6. The SMILES string of the molecule is Cc1cccc(CN2CCN(C(=O)CCCCCCN)CC2)c1.Cl.Cl. The molecule has 1 amide bonds. The molecule has 0 aliphatic carbocycles. The van der Waals surface area contributed by atoms with Crippen molar-refractivity contribution in [3.8, 4) is 0 Å². The molecule has 2 rings (SSSR count). The average Bonchev–Trinajstić information content (AvgIpc) is 2.55. The molecule has 4 nitrogen and oxygen atoms in total. The van der Waals surface area contributed by atoms with Crippen LogP contribution in [0.2, 0.25) is 0 Å². The van der Waals surface area contributed by atoms with Crippen LogP contribution < -0.4 is 5.73 Å². The van der Waals surface area contributed by atoms with Gasteiger partial charge in [-0.05, 0) is 31.9 Å². The van der Waals surface area contributed by atoms with E-state index in [0.717, 1.165) is 65.0 Å². The molecule has 0 atom stereocenters. The lowest BCUT2D eigenvalue weighted by Gasteiger charge is -2.35. The Balaban J connectivity index is 0.00000288. The zero-order chi connectivity index (χ0) is 16.5. The number of hydrogen-bond donors (Lipinski definition) is 1. The Kier molecular flexibility index (Phi) is 13.0. The van der Waals surface area contributed by atoms with Gasteiger partial charge >= 0.3 is 0 Å². The fraction of sp³-hybridized carbons (Fsp3) is 0.632. The number of benzene rings is 1. The molecule has 2 N–H and O–H groups in total. The van der Waals surface area contributed by atoms with Crippen molar-refractivity contribution in [2.45, 2.75) is 45.6 Å². The Bertz CT molecular complexity index is 491. The summed E-state index contributed by atoms with van der Waals surface area (Å²) in [6.07, 6.45) is 5.04. The van der Waals surface area contributed by atoms with Gasteiger partial charge in [0, 0.05) is 39.1 Å². The van der Waals surface area contributed by atoms with Crippen LogP contribution in [0.5, 0.6) is 0 Å². The number of halogens is 2. The van der Waals surface area contributed by atoms with Gasteiger partial charge in [0.2, 0.25) is 5.91 Å². The van der Waals surface area contributed by atoms with Gasteiger partial charge in [-0.1, -0.05) is 42.7 Å². The minimum absolute atomic E-state index is 0. The number of hydrogen-bond acceptors (Lipinski definition) is 3. The third kappa shape index (κ3) is 8.91. The minimum atomic E-state index is 0. The summed E-state index contributed by atoms with van der Waals surface area (Å²) in [5.74, 6) is 0.327. The second-order valence-corrected chi connectivity index (χ2v) is 6.60. The molecule has 0 spiro atoms. The Morgan fingerprint density at radius 3 is 2.36 bits per heavy atom. The number of piperazine rings is 1. The van der Waals surface area contributed by atoms with Crippen molar-refractivity contribution in [2.24, 2.45) is 5.73 Å². The van der Waals surface area contributed by atoms with Crippen LogP contribution in [-0.4, -0.2) is 48.4 Å². The average molecular weight is 390 g/mol. The summed E-state index contributed by atoms with van der Waals surface area (Å²) in [6.45, 7) is 7.58. The molecular formula is C19H33Cl2N3O. The maximum Gasteiger partial charge on any atom is 0.222 e. The lowest BCUT2D eigenvalue weighted by atomic mass is 10.1. The summed E-state index contributed by atoms with van der Waals surface area (Å²) < 4.78 is 0. The molecule has 144 valence electrons. The number of amides is 1. The summed E-state index contributed by atoms with van der Waals surface area (Å²) >= 11 is 0. The molecule has 1 saturated heterocycles. The van der Waals surface area contributed by atoms with Crippen molar-refractivity contribution in [1.29, 1.82) is 0 Å². The number of carbonyl (C=O) groups is 1. The highest BCUT2D eigenvalue weighted by atomic mass is 35.5. The van der Waals surface area contributed by atoms with Crippen molar-refractivity contribution in [3.63, 3.8) is 0 Å². The molecular weight excluding hydrogens is 357 g/mol. The summed E-state index contributed by atoms with van der Waals surface area (Å²) in [6, 6.07) is 8.69. The first kappa shape index (κ1) is 24.2. The van der Waals surface area contributed by atoms with Crippen LogP contribution in [0.25, 0.3) is 0 Å². The molecule has 0 aromatic heterocycles. The van der Waals surface area contributed by atoms with Gasteiger partial charge < -0.3 is 10.6 Å². The van der Waals surface area contributed by atoms with Crippen LogP contribution in [0.4, 0.5) is 0 Å². The second kappa shape index (κ2) is 13.4. The highest BCUT2D eigenvalue weighted by molar-refractivity contribution is 5.85. The lowest BCUT2D eigenvalue weighted by molar-refractivity contribution is -0.133. The maximum absolute atomic E-state index is 12.2. The van der Waals surface area contributed by atoms with Crippen molar-refractivity contribution < 1.29 is 4.79 Å². The van der Waals surface area contributed by atoms with Gasteiger partial charge in [0.15, 0.2) is 0 Å². The molecule has 1 aromatic carbocycles. The highest BCUT2D eigenvalue weighted by Gasteiger charge is 2.20. The topological polar surface area (TPSA) is 49.6 Å². The smallest absolute Gasteiger partial charge is 0.222 e. The molecule has 1 aromatic rings. The summed E-state index contributed by atoms with van der Waals surface area (Å²) in [7, 11) is 0. The van der Waals surface area contributed by atoms with E-state index in [9.17, 15) is 4.79 Å². The Morgan fingerprint density at radius 1 is 1.04 bits per heavy atom. The van der Waals surface area contributed by atoms with Crippen LogP contribution in [0.15, 0.2) is 24.3 Å². The van der Waals surface area contributed by atoms with E-state index in [0.29, 0.717) is 12.3 Å². The number of unbranched alkanes of at least 4 members (excludes halogenated alkanes) is 3. The summed E-state index contributed by atoms with van der Waals surface area (Å²) in [4.78, 5) is 16.7. The van der Waals surface area contributed by atoms with Crippen molar-refractivity contribution in [1.82, 2.24) is 9.80 Å². The molecule has 1 heterocycles. The van der Waals surface area contributed by atoms with Crippen molar-refractivity contribution in [2.75, 3.05) is 32.7 Å². The maximum atomic E-state index is 12.2. The van der Waals surface area contributed by atoms with Gasteiger partial charge in [-0.3, -0.25) is 9.69 Å².